The van der Waals surface area contributed by atoms with Gasteiger partial charge in [0.15, 0.2) is 5.82 Å². The zero-order valence-electron chi connectivity index (χ0n) is 14.1. The van der Waals surface area contributed by atoms with E-state index in [1.165, 1.54) is 0 Å². The number of hydrogen-bond donors (Lipinski definition) is 1. The van der Waals surface area contributed by atoms with Crippen LogP contribution >= 0.6 is 0 Å². The largest absolute Gasteiger partial charge is 0.462 e. The molecule has 0 saturated carbocycles. The molecule has 0 saturated heterocycles. The lowest BCUT2D eigenvalue weighted by molar-refractivity contribution is 0.0526. The number of rotatable bonds is 6. The third-order valence-corrected chi connectivity index (χ3v) is 3.80. The monoisotopic (exact) mass is 337 g/mol. The Hall–Kier alpha value is -3.06. The van der Waals surface area contributed by atoms with Gasteiger partial charge in [0, 0.05) is 0 Å². The van der Waals surface area contributed by atoms with E-state index in [1.807, 2.05) is 37.4 Å². The van der Waals surface area contributed by atoms with Crippen LogP contribution in [0, 0.1) is 0 Å². The molecule has 0 spiro atoms. The Morgan fingerprint density at radius 3 is 2.52 bits per heavy atom. The molecule has 7 heteroatoms. The third-order valence-electron chi connectivity index (χ3n) is 3.80. The number of carbonyl (C=O) groups is 1. The molecule has 0 fully saturated rings. The molecule has 1 atom stereocenters. The lowest BCUT2D eigenvalue weighted by atomic mass is 10.1. The zero-order chi connectivity index (χ0) is 17.6. The SMILES string of the molecule is CCOC(=O)c1ccc(-n2nnnc2C(NC)c2ccccc2)cc1. The minimum atomic E-state index is -0.344. The van der Waals surface area contributed by atoms with Crippen LogP contribution in [-0.2, 0) is 4.74 Å². The van der Waals surface area contributed by atoms with Gasteiger partial charge in [-0.25, -0.2) is 4.79 Å². The molecule has 25 heavy (non-hydrogen) atoms. The maximum Gasteiger partial charge on any atom is 0.338 e. The minimum Gasteiger partial charge on any atom is -0.462 e. The van der Waals surface area contributed by atoms with Crippen LogP contribution in [0.3, 0.4) is 0 Å². The summed E-state index contributed by atoms with van der Waals surface area (Å²) >= 11 is 0. The van der Waals surface area contributed by atoms with Crippen LogP contribution in [-0.4, -0.2) is 39.8 Å². The van der Waals surface area contributed by atoms with Gasteiger partial charge in [-0.15, -0.1) is 5.10 Å². The van der Waals surface area contributed by atoms with Gasteiger partial charge >= 0.3 is 5.97 Å². The van der Waals surface area contributed by atoms with Crippen LogP contribution in [0.25, 0.3) is 5.69 Å². The highest BCUT2D eigenvalue weighted by Gasteiger charge is 2.20. The number of tetrazole rings is 1. The summed E-state index contributed by atoms with van der Waals surface area (Å²) in [4.78, 5) is 11.8. The van der Waals surface area contributed by atoms with E-state index in [0.717, 1.165) is 11.3 Å². The summed E-state index contributed by atoms with van der Waals surface area (Å²) in [5.41, 5.74) is 2.32. The average Bonchev–Trinajstić information content (AvgIpc) is 3.13. The Kier molecular flexibility index (Phi) is 5.15. The normalized spacial score (nSPS) is 11.9. The molecule has 3 aromatic rings. The van der Waals surface area contributed by atoms with Crippen LogP contribution in [0.2, 0.25) is 0 Å². The smallest absolute Gasteiger partial charge is 0.338 e. The van der Waals surface area contributed by atoms with Gasteiger partial charge < -0.3 is 10.1 Å². The highest BCUT2D eigenvalue weighted by atomic mass is 16.5. The lowest BCUT2D eigenvalue weighted by Gasteiger charge is -2.16. The van der Waals surface area contributed by atoms with Crippen LogP contribution in [0.15, 0.2) is 54.6 Å². The summed E-state index contributed by atoms with van der Waals surface area (Å²) in [6.45, 7) is 2.12. The first-order valence-corrected chi connectivity index (χ1v) is 8.02. The molecule has 0 aliphatic rings. The molecule has 1 aromatic heterocycles. The fraction of sp³-hybridized carbons (Fsp3) is 0.222. The Bertz CT molecular complexity index is 830. The number of ether oxygens (including phenoxy) is 1. The van der Waals surface area contributed by atoms with E-state index in [4.69, 9.17) is 4.74 Å². The van der Waals surface area contributed by atoms with Gasteiger partial charge in [-0.1, -0.05) is 30.3 Å². The number of nitrogens with one attached hydrogen (secondary N) is 1. The standard InChI is InChI=1S/C18H19N5O2/c1-3-25-18(24)14-9-11-15(12-10-14)23-17(20-21-22-23)16(19-2)13-7-5-4-6-8-13/h4-12,16,19H,3H2,1-2H3. The van der Waals surface area contributed by atoms with Crippen molar-refractivity contribution < 1.29 is 9.53 Å². The van der Waals surface area contributed by atoms with Crippen LogP contribution in [0.4, 0.5) is 0 Å². The molecule has 1 unspecified atom stereocenters. The van der Waals surface area contributed by atoms with Crippen molar-refractivity contribution in [2.75, 3.05) is 13.7 Å². The molecule has 0 radical (unpaired) electrons. The Balaban J connectivity index is 1.92. The average molecular weight is 337 g/mol. The quantitative estimate of drug-likeness (QED) is 0.694. The summed E-state index contributed by atoms with van der Waals surface area (Å²) in [7, 11) is 1.86. The van der Waals surface area contributed by atoms with Gasteiger partial charge in [0.25, 0.3) is 0 Å². The minimum absolute atomic E-state index is 0.152. The fourth-order valence-electron chi connectivity index (χ4n) is 2.60. The predicted molar refractivity (Wildman–Crippen MR) is 92.5 cm³/mol. The summed E-state index contributed by atoms with van der Waals surface area (Å²) in [6, 6.07) is 16.8. The summed E-state index contributed by atoms with van der Waals surface area (Å²) in [5.74, 6) is 0.320. The molecule has 1 heterocycles. The molecule has 3 rings (SSSR count). The molecule has 128 valence electrons. The second-order valence-electron chi connectivity index (χ2n) is 5.35. The number of esters is 1. The highest BCUT2D eigenvalue weighted by Crippen LogP contribution is 2.21. The van der Waals surface area contributed by atoms with Crippen LogP contribution in [0.1, 0.15) is 34.7 Å². The van der Waals surface area contributed by atoms with E-state index >= 15 is 0 Å². The number of aromatic nitrogens is 4. The van der Waals surface area contributed by atoms with Crippen molar-refractivity contribution in [1.29, 1.82) is 0 Å². The molecule has 1 N–H and O–H groups in total. The first-order valence-electron chi connectivity index (χ1n) is 8.02. The topological polar surface area (TPSA) is 81.9 Å². The third kappa shape index (κ3) is 3.56. The van der Waals surface area contributed by atoms with E-state index in [0.29, 0.717) is 18.0 Å². The van der Waals surface area contributed by atoms with Crippen molar-refractivity contribution in [3.8, 4) is 5.69 Å². The van der Waals surface area contributed by atoms with Gasteiger partial charge in [-0.3, -0.25) is 0 Å². The first-order chi connectivity index (χ1) is 12.2. The van der Waals surface area contributed by atoms with E-state index in [2.05, 4.69) is 20.8 Å². The first kappa shape index (κ1) is 16.8. The Morgan fingerprint density at radius 1 is 1.16 bits per heavy atom. The van der Waals surface area contributed by atoms with Gasteiger partial charge in [0.2, 0.25) is 0 Å². The number of nitrogens with zero attached hydrogens (tertiary/aromatic N) is 4. The molecular weight excluding hydrogens is 318 g/mol. The number of carbonyl (C=O) groups excluding carboxylic acids is 1. The Labute approximate surface area is 145 Å². The number of benzene rings is 2. The maximum atomic E-state index is 11.8. The van der Waals surface area contributed by atoms with Crippen LogP contribution < -0.4 is 5.32 Å². The van der Waals surface area contributed by atoms with Crippen molar-refractivity contribution in [2.24, 2.45) is 0 Å². The second-order valence-corrected chi connectivity index (χ2v) is 5.35. The molecule has 0 amide bonds. The predicted octanol–water partition coefficient (Wildman–Crippen LogP) is 2.15. The van der Waals surface area contributed by atoms with Gasteiger partial charge in [-0.05, 0) is 54.2 Å². The van der Waals surface area contributed by atoms with E-state index < -0.39 is 0 Å². The van der Waals surface area contributed by atoms with Crippen molar-refractivity contribution >= 4 is 5.97 Å². The lowest BCUT2D eigenvalue weighted by Crippen LogP contribution is -2.22. The molecule has 0 aliphatic carbocycles. The molecule has 2 aromatic carbocycles. The second kappa shape index (κ2) is 7.67. The summed E-state index contributed by atoms with van der Waals surface area (Å²) in [6.07, 6.45) is 0. The van der Waals surface area contributed by atoms with Crippen molar-refractivity contribution in [1.82, 2.24) is 25.5 Å². The van der Waals surface area contributed by atoms with E-state index in [1.54, 1.807) is 35.9 Å². The molecule has 7 nitrogen and oxygen atoms in total. The molecular formula is C18H19N5O2. The number of hydrogen-bond acceptors (Lipinski definition) is 6. The van der Waals surface area contributed by atoms with Crippen molar-refractivity contribution in [3.05, 3.63) is 71.5 Å². The van der Waals surface area contributed by atoms with Gasteiger partial charge in [0.05, 0.1) is 23.9 Å². The fourth-order valence-corrected chi connectivity index (χ4v) is 2.60. The van der Waals surface area contributed by atoms with Crippen LogP contribution in [0.5, 0.6) is 0 Å². The summed E-state index contributed by atoms with van der Waals surface area (Å²) in [5, 5.41) is 15.3. The van der Waals surface area contributed by atoms with Gasteiger partial charge in [-0.2, -0.15) is 4.68 Å². The Morgan fingerprint density at radius 2 is 1.88 bits per heavy atom. The maximum absolute atomic E-state index is 11.8. The van der Waals surface area contributed by atoms with E-state index in [-0.39, 0.29) is 12.0 Å². The summed E-state index contributed by atoms with van der Waals surface area (Å²) < 4.78 is 6.66. The van der Waals surface area contributed by atoms with Gasteiger partial charge in [0.1, 0.15) is 0 Å². The molecule has 0 bridgehead atoms. The zero-order valence-corrected chi connectivity index (χ0v) is 14.1. The van der Waals surface area contributed by atoms with E-state index in [9.17, 15) is 4.79 Å². The highest BCUT2D eigenvalue weighted by molar-refractivity contribution is 5.89. The molecule has 0 aliphatic heterocycles. The van der Waals surface area contributed by atoms with Crippen molar-refractivity contribution in [3.63, 3.8) is 0 Å². The van der Waals surface area contributed by atoms with Crippen molar-refractivity contribution in [2.45, 2.75) is 13.0 Å².